The van der Waals surface area contributed by atoms with Gasteiger partial charge >= 0.3 is 5.97 Å². The largest absolute Gasteiger partial charge is 0.504 e. The van der Waals surface area contributed by atoms with Gasteiger partial charge in [-0.15, -0.1) is 0 Å². The van der Waals surface area contributed by atoms with Crippen molar-refractivity contribution in [1.82, 2.24) is 0 Å². The molecule has 37 heavy (non-hydrogen) atoms. The van der Waals surface area contributed by atoms with E-state index >= 15 is 0 Å². The average Bonchev–Trinajstić information content (AvgIpc) is 2.83. The summed E-state index contributed by atoms with van der Waals surface area (Å²) in [5, 5.41) is 70.1. The van der Waals surface area contributed by atoms with Gasteiger partial charge in [0, 0.05) is 12.0 Å². The van der Waals surface area contributed by atoms with E-state index in [9.17, 15) is 9.59 Å². The van der Waals surface area contributed by atoms with Crippen LogP contribution in [0.5, 0.6) is 34.5 Å². The molecule has 198 valence electrons. The van der Waals surface area contributed by atoms with Crippen LogP contribution in [0.2, 0.25) is 0 Å². The highest BCUT2D eigenvalue weighted by molar-refractivity contribution is 6.04. The molecule has 2 aromatic carbocycles. The highest BCUT2D eigenvalue weighted by Gasteiger charge is 2.53. The predicted octanol–water partition coefficient (Wildman–Crippen LogP) is 3.54. The number of Topliss-reactive ketones (excluding diaryl/α,β-unsaturated/α-hetero) is 1. The molecule has 1 aliphatic heterocycles. The number of aromatic hydroxyl groups is 6. The van der Waals surface area contributed by atoms with Crippen molar-refractivity contribution >= 4 is 11.8 Å². The Balaban J connectivity index is 0.000000204. The maximum Gasteiger partial charge on any atom is 0.335 e. The number of carboxylic acids is 1. The minimum absolute atomic E-state index is 0.0839. The summed E-state index contributed by atoms with van der Waals surface area (Å²) in [7, 11) is 0. The smallest absolute Gasteiger partial charge is 0.335 e. The normalized spacial score (nSPS) is 21.5. The number of benzene rings is 2. The number of phenolic OH excluding ortho intramolecular Hbond substituents is 6. The molecule has 2 aromatic rings. The number of carbonyl (C=O) groups is 2. The van der Waals surface area contributed by atoms with Gasteiger partial charge in [-0.2, -0.15) is 5.26 Å². The number of ether oxygens (including phenoxy) is 1. The molecule has 1 heterocycles. The van der Waals surface area contributed by atoms with E-state index in [0.29, 0.717) is 12.2 Å². The van der Waals surface area contributed by atoms with Gasteiger partial charge < -0.3 is 40.5 Å². The summed E-state index contributed by atoms with van der Waals surface area (Å²) in [6.45, 7) is 6.57. The van der Waals surface area contributed by atoms with Crippen LogP contribution in [0.4, 0.5) is 0 Å². The van der Waals surface area contributed by atoms with Crippen LogP contribution in [0.1, 0.15) is 44.0 Å². The minimum Gasteiger partial charge on any atom is -0.504 e. The zero-order valence-corrected chi connectivity index (χ0v) is 20.5. The molecule has 0 radical (unpaired) electrons. The van der Waals surface area contributed by atoms with Gasteiger partial charge in [0.1, 0.15) is 6.07 Å². The van der Waals surface area contributed by atoms with Gasteiger partial charge in [0.15, 0.2) is 40.3 Å². The topological polar surface area (TPSA) is 209 Å². The highest BCUT2D eigenvalue weighted by Crippen LogP contribution is 2.49. The molecule has 11 heteroatoms. The fourth-order valence-electron chi connectivity index (χ4n) is 4.35. The second kappa shape index (κ2) is 11.1. The van der Waals surface area contributed by atoms with E-state index in [2.05, 4.69) is 6.92 Å². The quantitative estimate of drug-likeness (QED) is 0.273. The molecule has 1 aliphatic carbocycles. The summed E-state index contributed by atoms with van der Waals surface area (Å²) in [6.07, 6.45) is 3.70. The number of para-hydroxylation sites is 1. The first-order valence-corrected chi connectivity index (χ1v) is 11.1. The minimum atomic E-state index is -1.29. The molecule has 11 nitrogen and oxygen atoms in total. The molecule has 1 saturated heterocycles. The fraction of sp³-hybridized carbons (Fsp3) is 0.346. The Bertz CT molecular complexity index is 1220. The van der Waals surface area contributed by atoms with Gasteiger partial charge in [-0.05, 0) is 51.0 Å². The second-order valence-electron chi connectivity index (χ2n) is 9.39. The van der Waals surface area contributed by atoms with Crippen LogP contribution in [0, 0.1) is 22.2 Å². The van der Waals surface area contributed by atoms with Crippen molar-refractivity contribution in [3.8, 4) is 40.6 Å². The van der Waals surface area contributed by atoms with E-state index in [-0.39, 0.29) is 34.4 Å². The van der Waals surface area contributed by atoms with Crippen molar-refractivity contribution < 1.29 is 50.1 Å². The monoisotopic (exact) mass is 515 g/mol. The number of hydrogen-bond donors (Lipinski definition) is 7. The molecule has 0 amide bonds. The number of nitrogens with zero attached hydrogens (tertiary/aromatic N) is 1. The van der Waals surface area contributed by atoms with Gasteiger partial charge in [-0.3, -0.25) is 4.79 Å². The van der Waals surface area contributed by atoms with E-state index in [1.807, 2.05) is 26.0 Å². The molecule has 0 saturated carbocycles. The maximum absolute atomic E-state index is 12.1. The van der Waals surface area contributed by atoms with Crippen LogP contribution in [-0.4, -0.2) is 60.2 Å². The summed E-state index contributed by atoms with van der Waals surface area (Å²) in [6, 6.07) is 7.72. The SMILES string of the molecule is CC12C=C(C#N)C(=O)C(C)(C)C1OCCC2.O=C(O)c1cc(O)c(O)c(O)c1.Oc1cccc(O)c1O. The summed E-state index contributed by atoms with van der Waals surface area (Å²) >= 11 is 0. The third kappa shape index (κ3) is 6.23. The summed E-state index contributed by atoms with van der Waals surface area (Å²) in [5.74, 6) is -4.51. The predicted molar refractivity (Wildman–Crippen MR) is 129 cm³/mol. The Kier molecular flexibility index (Phi) is 8.64. The van der Waals surface area contributed by atoms with Crippen molar-refractivity contribution in [2.75, 3.05) is 6.61 Å². The number of aromatic carboxylic acids is 1. The molecular formula is C26H29NO10. The Morgan fingerprint density at radius 3 is 1.95 bits per heavy atom. The van der Waals surface area contributed by atoms with Crippen LogP contribution in [-0.2, 0) is 9.53 Å². The Morgan fingerprint density at radius 2 is 1.49 bits per heavy atom. The Hall–Kier alpha value is -4.43. The van der Waals surface area contributed by atoms with Gasteiger partial charge in [-0.25, -0.2) is 4.79 Å². The van der Waals surface area contributed by atoms with Gasteiger partial charge in [0.2, 0.25) is 0 Å². The van der Waals surface area contributed by atoms with Crippen molar-refractivity contribution in [3.05, 3.63) is 47.5 Å². The van der Waals surface area contributed by atoms with E-state index in [4.69, 9.17) is 45.7 Å². The van der Waals surface area contributed by atoms with Crippen LogP contribution < -0.4 is 0 Å². The van der Waals surface area contributed by atoms with Crippen LogP contribution in [0.3, 0.4) is 0 Å². The van der Waals surface area contributed by atoms with Crippen LogP contribution in [0.15, 0.2) is 42.0 Å². The molecule has 2 unspecified atom stereocenters. The number of carboxylic acid groups (broad SMARTS) is 1. The lowest BCUT2D eigenvalue weighted by Gasteiger charge is -2.49. The first kappa shape index (κ1) is 28.8. The molecule has 1 fully saturated rings. The first-order valence-electron chi connectivity index (χ1n) is 11.1. The van der Waals surface area contributed by atoms with E-state index in [0.717, 1.165) is 25.0 Å². The van der Waals surface area contributed by atoms with E-state index in [1.54, 1.807) is 0 Å². The zero-order chi connectivity index (χ0) is 28.1. The number of carbonyl (C=O) groups excluding carboxylic acids is 1. The molecule has 7 N–H and O–H groups in total. The molecular weight excluding hydrogens is 486 g/mol. The van der Waals surface area contributed by atoms with Gasteiger partial charge in [0.25, 0.3) is 0 Å². The Labute approximate surface area is 212 Å². The Morgan fingerprint density at radius 1 is 0.973 bits per heavy atom. The number of phenols is 6. The van der Waals surface area contributed by atoms with Crippen LogP contribution in [0.25, 0.3) is 0 Å². The fourth-order valence-corrected chi connectivity index (χ4v) is 4.35. The second-order valence-corrected chi connectivity index (χ2v) is 9.39. The van der Waals surface area contributed by atoms with Gasteiger partial charge in [0.05, 0.1) is 22.7 Å². The van der Waals surface area contributed by atoms with Crippen molar-refractivity contribution in [2.45, 2.75) is 39.7 Å². The van der Waals surface area contributed by atoms with E-state index in [1.165, 1.54) is 18.2 Å². The lowest BCUT2D eigenvalue weighted by atomic mass is 9.60. The maximum atomic E-state index is 12.1. The summed E-state index contributed by atoms with van der Waals surface area (Å²) < 4.78 is 5.79. The lowest BCUT2D eigenvalue weighted by Crippen LogP contribution is -2.54. The third-order valence-corrected chi connectivity index (χ3v) is 6.13. The molecule has 0 bridgehead atoms. The van der Waals surface area contributed by atoms with Gasteiger partial charge in [-0.1, -0.05) is 19.1 Å². The molecule has 0 aromatic heterocycles. The molecule has 4 rings (SSSR count). The van der Waals surface area contributed by atoms with Crippen LogP contribution >= 0.6 is 0 Å². The standard InChI is InChI=1S/C13H17NO2.C7H6O5.C6H6O3/c1-12(2)10(15)9(8-14)7-13(3)5-4-6-16-11(12)13;8-4-1-3(7(11)12)2-5(9)6(4)10;7-4-2-1-3-5(8)6(4)9/h7,11H,4-6H2,1-3H3;1-2,8-10H,(H,11,12);1-3,7-9H. The molecule has 2 aliphatic rings. The summed E-state index contributed by atoms with van der Waals surface area (Å²) in [5.41, 5.74) is -0.743. The number of allylic oxidation sites excluding steroid dienone is 1. The molecule has 0 spiro atoms. The highest BCUT2D eigenvalue weighted by atomic mass is 16.5. The van der Waals surface area contributed by atoms with Crippen molar-refractivity contribution in [1.29, 1.82) is 5.26 Å². The van der Waals surface area contributed by atoms with E-state index < -0.39 is 34.4 Å². The number of ketones is 1. The summed E-state index contributed by atoms with van der Waals surface area (Å²) in [4.78, 5) is 22.4. The number of nitriles is 1. The number of fused-ring (bicyclic) bond motifs is 1. The number of rotatable bonds is 1. The zero-order valence-electron chi connectivity index (χ0n) is 20.5. The average molecular weight is 516 g/mol. The van der Waals surface area contributed by atoms with Crippen molar-refractivity contribution in [3.63, 3.8) is 0 Å². The molecule has 2 atom stereocenters. The van der Waals surface area contributed by atoms with Crippen molar-refractivity contribution in [2.24, 2.45) is 10.8 Å². The lowest BCUT2D eigenvalue weighted by molar-refractivity contribution is -0.152. The third-order valence-electron chi connectivity index (χ3n) is 6.13. The number of hydrogen-bond acceptors (Lipinski definition) is 10. The first-order chi connectivity index (χ1) is 17.2.